The fourth-order valence-electron chi connectivity index (χ4n) is 3.68. The van der Waals surface area contributed by atoms with Gasteiger partial charge in [0.25, 0.3) is 0 Å². The van der Waals surface area contributed by atoms with Gasteiger partial charge in [-0.3, -0.25) is 0 Å². The molecule has 0 bridgehead atoms. The summed E-state index contributed by atoms with van der Waals surface area (Å²) in [4.78, 5) is 0. The van der Waals surface area contributed by atoms with E-state index in [0.29, 0.717) is 5.41 Å². The number of rotatable bonds is 20. The number of hydrogen-bond acceptors (Lipinski definition) is 0. The van der Waals surface area contributed by atoms with E-state index < -0.39 is 0 Å². The van der Waals surface area contributed by atoms with E-state index in [1.54, 1.807) is 0 Å². The number of hydrogen-bond donors (Lipinski definition) is 0. The predicted octanol–water partition coefficient (Wildman–Crippen LogP) is 9.85. The largest absolute Gasteiger partial charge is 0.0654 e. The summed E-state index contributed by atoms with van der Waals surface area (Å²) in [6.45, 7) is 9.46. The quantitative estimate of drug-likeness (QED) is 0.191. The molecule has 0 spiro atoms. The summed E-state index contributed by atoms with van der Waals surface area (Å²) in [5, 5.41) is 0. The SMILES string of the molecule is CCCCCCCCCCCCCCCCCCCCC(C)(C)CC. The van der Waals surface area contributed by atoms with Gasteiger partial charge < -0.3 is 0 Å². The first-order valence-corrected chi connectivity index (χ1v) is 12.1. The first-order valence-electron chi connectivity index (χ1n) is 12.1. The molecule has 0 aromatic rings. The van der Waals surface area contributed by atoms with E-state index in [9.17, 15) is 0 Å². The van der Waals surface area contributed by atoms with Crippen LogP contribution in [0.1, 0.15) is 156 Å². The average Bonchev–Trinajstić information content (AvgIpc) is 2.60. The zero-order valence-electron chi connectivity index (χ0n) is 18.6. The van der Waals surface area contributed by atoms with Gasteiger partial charge in [0.1, 0.15) is 0 Å². The molecule has 152 valence electrons. The minimum atomic E-state index is 0.578. The second-order valence-electron chi connectivity index (χ2n) is 9.28. The Labute approximate surface area is 161 Å². The molecule has 0 nitrogen and oxygen atoms in total. The van der Waals surface area contributed by atoms with Gasteiger partial charge in [-0.25, -0.2) is 0 Å². The van der Waals surface area contributed by atoms with Gasteiger partial charge in [-0.15, -0.1) is 0 Å². The molecule has 0 unspecified atom stereocenters. The van der Waals surface area contributed by atoms with Crippen molar-refractivity contribution in [2.75, 3.05) is 0 Å². The molecule has 0 aromatic carbocycles. The molecule has 0 fully saturated rings. The minimum absolute atomic E-state index is 0.578. The van der Waals surface area contributed by atoms with Crippen molar-refractivity contribution in [3.63, 3.8) is 0 Å². The first-order chi connectivity index (χ1) is 12.1. The zero-order valence-corrected chi connectivity index (χ0v) is 18.6. The molecule has 0 heteroatoms. The summed E-state index contributed by atoms with van der Waals surface area (Å²) in [5.74, 6) is 0. The van der Waals surface area contributed by atoms with Crippen LogP contribution in [0, 0.1) is 5.41 Å². The lowest BCUT2D eigenvalue weighted by atomic mass is 9.84. The van der Waals surface area contributed by atoms with Gasteiger partial charge in [-0.2, -0.15) is 0 Å². The minimum Gasteiger partial charge on any atom is -0.0654 e. The van der Waals surface area contributed by atoms with Crippen LogP contribution in [0.2, 0.25) is 0 Å². The second kappa shape index (κ2) is 18.8. The van der Waals surface area contributed by atoms with E-state index in [2.05, 4.69) is 27.7 Å². The van der Waals surface area contributed by atoms with Crippen molar-refractivity contribution in [2.24, 2.45) is 5.41 Å². The standard InChI is InChI=1S/C25H52/c1-5-7-8-9-10-11-12-13-14-15-16-17-18-19-20-21-22-23-24-25(3,4)6-2/h5-24H2,1-4H3. The van der Waals surface area contributed by atoms with Gasteiger partial charge in [0.15, 0.2) is 0 Å². The molecular weight excluding hydrogens is 300 g/mol. The third-order valence-corrected chi connectivity index (χ3v) is 6.16. The third-order valence-electron chi connectivity index (χ3n) is 6.16. The zero-order chi connectivity index (χ0) is 18.6. The molecule has 0 saturated carbocycles. The van der Waals surface area contributed by atoms with Crippen LogP contribution in [0.3, 0.4) is 0 Å². The molecule has 0 aromatic heterocycles. The lowest BCUT2D eigenvalue weighted by molar-refractivity contribution is 0.307. The van der Waals surface area contributed by atoms with Crippen LogP contribution in [-0.4, -0.2) is 0 Å². The summed E-state index contributed by atoms with van der Waals surface area (Å²) in [6, 6.07) is 0. The van der Waals surface area contributed by atoms with E-state index in [1.165, 1.54) is 128 Å². The van der Waals surface area contributed by atoms with Gasteiger partial charge in [-0.05, 0) is 11.8 Å². The van der Waals surface area contributed by atoms with Gasteiger partial charge in [0.05, 0.1) is 0 Å². The Kier molecular flexibility index (Phi) is 18.8. The van der Waals surface area contributed by atoms with Crippen LogP contribution in [0.15, 0.2) is 0 Å². The van der Waals surface area contributed by atoms with Crippen LogP contribution in [-0.2, 0) is 0 Å². The Bertz CT molecular complexity index is 240. The van der Waals surface area contributed by atoms with Crippen molar-refractivity contribution in [3.05, 3.63) is 0 Å². The van der Waals surface area contributed by atoms with Crippen LogP contribution < -0.4 is 0 Å². The molecule has 0 amide bonds. The predicted molar refractivity (Wildman–Crippen MR) is 117 cm³/mol. The fraction of sp³-hybridized carbons (Fsp3) is 1.00. The van der Waals surface area contributed by atoms with Crippen molar-refractivity contribution < 1.29 is 0 Å². The summed E-state index contributed by atoms with van der Waals surface area (Å²) >= 11 is 0. The average molecular weight is 353 g/mol. The second-order valence-corrected chi connectivity index (χ2v) is 9.28. The molecule has 0 N–H and O–H groups in total. The summed E-state index contributed by atoms with van der Waals surface area (Å²) in [6.07, 6.45) is 29.2. The molecule has 0 atom stereocenters. The first kappa shape index (κ1) is 25.0. The van der Waals surface area contributed by atoms with Gasteiger partial charge >= 0.3 is 0 Å². The third kappa shape index (κ3) is 20.2. The summed E-state index contributed by atoms with van der Waals surface area (Å²) < 4.78 is 0. The summed E-state index contributed by atoms with van der Waals surface area (Å²) in [5.41, 5.74) is 0.578. The van der Waals surface area contributed by atoms with Crippen LogP contribution >= 0.6 is 0 Å². The van der Waals surface area contributed by atoms with Crippen LogP contribution in [0.25, 0.3) is 0 Å². The van der Waals surface area contributed by atoms with Gasteiger partial charge in [-0.1, -0.05) is 150 Å². The van der Waals surface area contributed by atoms with E-state index in [-0.39, 0.29) is 0 Å². The van der Waals surface area contributed by atoms with E-state index in [0.717, 1.165) is 0 Å². The lowest BCUT2D eigenvalue weighted by Crippen LogP contribution is -2.08. The Morgan fingerprint density at radius 3 is 0.960 bits per heavy atom. The van der Waals surface area contributed by atoms with Crippen molar-refractivity contribution in [2.45, 2.75) is 156 Å². The highest BCUT2D eigenvalue weighted by atomic mass is 14.2. The fourth-order valence-corrected chi connectivity index (χ4v) is 3.68. The molecule has 0 aliphatic rings. The lowest BCUT2D eigenvalue weighted by Gasteiger charge is -2.22. The van der Waals surface area contributed by atoms with Crippen LogP contribution in [0.5, 0.6) is 0 Å². The monoisotopic (exact) mass is 352 g/mol. The maximum absolute atomic E-state index is 2.42. The molecule has 0 heterocycles. The Morgan fingerprint density at radius 2 is 0.680 bits per heavy atom. The number of unbranched alkanes of at least 4 members (excludes halogenated alkanes) is 17. The Balaban J connectivity index is 3.05. The molecule has 0 aliphatic carbocycles. The van der Waals surface area contributed by atoms with Crippen LogP contribution in [0.4, 0.5) is 0 Å². The molecule has 0 aliphatic heterocycles. The molecule has 0 rings (SSSR count). The van der Waals surface area contributed by atoms with Gasteiger partial charge in [0, 0.05) is 0 Å². The molecular formula is C25H52. The van der Waals surface area contributed by atoms with Crippen molar-refractivity contribution in [1.82, 2.24) is 0 Å². The van der Waals surface area contributed by atoms with Crippen molar-refractivity contribution in [1.29, 1.82) is 0 Å². The Morgan fingerprint density at radius 1 is 0.400 bits per heavy atom. The molecule has 25 heavy (non-hydrogen) atoms. The van der Waals surface area contributed by atoms with E-state index in [1.807, 2.05) is 0 Å². The maximum atomic E-state index is 2.42. The highest BCUT2D eigenvalue weighted by Crippen LogP contribution is 2.27. The maximum Gasteiger partial charge on any atom is -0.0357 e. The van der Waals surface area contributed by atoms with E-state index in [4.69, 9.17) is 0 Å². The van der Waals surface area contributed by atoms with Crippen molar-refractivity contribution >= 4 is 0 Å². The Hall–Kier alpha value is 0. The smallest absolute Gasteiger partial charge is 0.0357 e. The molecule has 0 radical (unpaired) electrons. The van der Waals surface area contributed by atoms with E-state index >= 15 is 0 Å². The highest BCUT2D eigenvalue weighted by Gasteiger charge is 2.13. The molecule has 0 saturated heterocycles. The topological polar surface area (TPSA) is 0 Å². The van der Waals surface area contributed by atoms with Gasteiger partial charge in [0.2, 0.25) is 0 Å². The van der Waals surface area contributed by atoms with Crippen molar-refractivity contribution in [3.8, 4) is 0 Å². The summed E-state index contributed by atoms with van der Waals surface area (Å²) in [7, 11) is 0. The highest BCUT2D eigenvalue weighted by molar-refractivity contribution is 4.65. The normalized spacial score (nSPS) is 12.0.